The highest BCUT2D eigenvalue weighted by atomic mass is 16.5. The smallest absolute Gasteiger partial charge is 0.319 e. The number of fused-ring (bicyclic) bond motifs is 1. The summed E-state index contributed by atoms with van der Waals surface area (Å²) in [7, 11) is 3.03. The van der Waals surface area contributed by atoms with E-state index in [1.807, 2.05) is 33.8 Å². The summed E-state index contributed by atoms with van der Waals surface area (Å²) < 4.78 is 4.83. The summed E-state index contributed by atoms with van der Waals surface area (Å²) in [6.07, 6.45) is 0. The number of ether oxygens (including phenoxy) is 1. The van der Waals surface area contributed by atoms with Gasteiger partial charge in [-0.1, -0.05) is 19.9 Å². The van der Waals surface area contributed by atoms with Gasteiger partial charge in [0.05, 0.1) is 7.11 Å². The number of nitrogens with zero attached hydrogens (tertiary/aromatic N) is 1. The highest BCUT2D eigenvalue weighted by Crippen LogP contribution is 2.44. The van der Waals surface area contributed by atoms with Gasteiger partial charge in [-0.3, -0.25) is 9.59 Å². The maximum absolute atomic E-state index is 12.5. The second-order valence-corrected chi connectivity index (χ2v) is 6.03. The minimum Gasteiger partial charge on any atom is -0.468 e. The highest BCUT2D eigenvalue weighted by molar-refractivity contribution is 6.09. The van der Waals surface area contributed by atoms with E-state index in [1.165, 1.54) is 7.11 Å². The van der Waals surface area contributed by atoms with Gasteiger partial charge < -0.3 is 9.64 Å². The minimum absolute atomic E-state index is 0.211. The number of rotatable bonds is 1. The van der Waals surface area contributed by atoms with Gasteiger partial charge in [0, 0.05) is 18.2 Å². The van der Waals surface area contributed by atoms with E-state index in [2.05, 4.69) is 6.07 Å². The van der Waals surface area contributed by atoms with E-state index in [0.717, 1.165) is 22.4 Å². The molecule has 1 aliphatic rings. The van der Waals surface area contributed by atoms with Crippen LogP contribution >= 0.6 is 0 Å². The molecule has 1 heterocycles. The van der Waals surface area contributed by atoms with Crippen molar-refractivity contribution in [2.24, 2.45) is 5.92 Å². The molecule has 108 valence electrons. The van der Waals surface area contributed by atoms with Crippen molar-refractivity contribution in [1.82, 2.24) is 0 Å². The first-order valence-corrected chi connectivity index (χ1v) is 6.69. The summed E-state index contributed by atoms with van der Waals surface area (Å²) in [6, 6.07) is 4.08. The van der Waals surface area contributed by atoms with Gasteiger partial charge in [-0.2, -0.15) is 0 Å². The molecule has 0 aliphatic carbocycles. The summed E-state index contributed by atoms with van der Waals surface area (Å²) in [4.78, 5) is 26.1. The van der Waals surface area contributed by atoms with Crippen LogP contribution in [0.25, 0.3) is 0 Å². The van der Waals surface area contributed by atoms with E-state index in [0.29, 0.717) is 0 Å². The Balaban J connectivity index is 2.70. The number of hydrogen-bond acceptors (Lipinski definition) is 3. The van der Waals surface area contributed by atoms with Gasteiger partial charge in [-0.05, 0) is 36.6 Å². The number of carbonyl (C=O) groups excluding carboxylic acids is 2. The van der Waals surface area contributed by atoms with Gasteiger partial charge in [-0.15, -0.1) is 0 Å². The lowest BCUT2D eigenvalue weighted by Crippen LogP contribution is -2.52. The number of amides is 1. The highest BCUT2D eigenvalue weighted by Gasteiger charge is 2.49. The van der Waals surface area contributed by atoms with Crippen LogP contribution in [0.4, 0.5) is 5.69 Å². The second kappa shape index (κ2) is 4.62. The molecular weight excluding hydrogens is 254 g/mol. The zero-order chi connectivity index (χ0) is 15.2. The van der Waals surface area contributed by atoms with Gasteiger partial charge in [0.1, 0.15) is 5.92 Å². The molecule has 0 fully saturated rings. The van der Waals surface area contributed by atoms with E-state index in [1.54, 1.807) is 11.9 Å². The van der Waals surface area contributed by atoms with Crippen LogP contribution in [-0.4, -0.2) is 26.0 Å². The summed E-state index contributed by atoms with van der Waals surface area (Å²) in [5.74, 6) is -1.49. The quantitative estimate of drug-likeness (QED) is 0.584. The molecule has 1 amide bonds. The van der Waals surface area contributed by atoms with Crippen LogP contribution < -0.4 is 4.90 Å². The molecule has 0 saturated carbocycles. The Kier molecular flexibility index (Phi) is 3.36. The van der Waals surface area contributed by atoms with Gasteiger partial charge in [-0.25, -0.2) is 0 Å². The van der Waals surface area contributed by atoms with Crippen LogP contribution in [0.15, 0.2) is 12.1 Å². The molecule has 1 aliphatic heterocycles. The fourth-order valence-electron chi connectivity index (χ4n) is 2.88. The molecular formula is C16H21NO3. The molecule has 2 rings (SSSR count). The molecule has 0 spiro atoms. The van der Waals surface area contributed by atoms with Crippen LogP contribution in [0.2, 0.25) is 0 Å². The van der Waals surface area contributed by atoms with Crippen molar-refractivity contribution in [3.8, 4) is 0 Å². The van der Waals surface area contributed by atoms with Crippen molar-refractivity contribution in [2.45, 2.75) is 33.1 Å². The standard InChI is InChI=1S/C16H21NO3/c1-9-7-11-12(8-10(9)2)17(5)14(18)13(15(19)20-6)16(11,3)4/h7-8,13H,1-6H3/t13-/m0/s1. The topological polar surface area (TPSA) is 46.6 Å². The molecule has 0 bridgehead atoms. The normalized spacial score (nSPS) is 20.6. The predicted octanol–water partition coefficient (Wildman–Crippen LogP) is 2.35. The third kappa shape index (κ3) is 1.90. The fourth-order valence-corrected chi connectivity index (χ4v) is 2.88. The van der Waals surface area contributed by atoms with Crippen molar-refractivity contribution in [2.75, 3.05) is 19.1 Å². The minimum atomic E-state index is -0.799. The molecule has 20 heavy (non-hydrogen) atoms. The van der Waals surface area contributed by atoms with Crippen LogP contribution in [0, 0.1) is 19.8 Å². The van der Waals surface area contributed by atoms with Gasteiger partial charge >= 0.3 is 5.97 Å². The molecule has 4 heteroatoms. The second-order valence-electron chi connectivity index (χ2n) is 6.03. The van der Waals surface area contributed by atoms with Crippen molar-refractivity contribution in [3.63, 3.8) is 0 Å². The number of benzene rings is 1. The number of anilines is 1. The molecule has 1 aromatic rings. The first-order valence-electron chi connectivity index (χ1n) is 6.69. The molecule has 0 aromatic heterocycles. The van der Waals surface area contributed by atoms with Crippen molar-refractivity contribution in [3.05, 3.63) is 28.8 Å². The summed E-state index contributed by atoms with van der Waals surface area (Å²) >= 11 is 0. The van der Waals surface area contributed by atoms with Crippen molar-refractivity contribution >= 4 is 17.6 Å². The van der Waals surface area contributed by atoms with E-state index in [9.17, 15) is 9.59 Å². The van der Waals surface area contributed by atoms with Gasteiger partial charge in [0.2, 0.25) is 5.91 Å². The Hall–Kier alpha value is -1.84. The summed E-state index contributed by atoms with van der Waals surface area (Å²) in [6.45, 7) is 7.91. The van der Waals surface area contributed by atoms with Gasteiger partial charge in [0.25, 0.3) is 0 Å². The molecule has 1 atom stereocenters. The van der Waals surface area contributed by atoms with Crippen molar-refractivity contribution in [1.29, 1.82) is 0 Å². The Labute approximate surface area is 119 Å². The molecule has 0 unspecified atom stereocenters. The summed E-state index contributed by atoms with van der Waals surface area (Å²) in [5, 5.41) is 0. The zero-order valence-corrected chi connectivity index (χ0v) is 12.9. The van der Waals surface area contributed by atoms with E-state index in [-0.39, 0.29) is 5.91 Å². The monoisotopic (exact) mass is 275 g/mol. The molecule has 0 radical (unpaired) electrons. The van der Waals surface area contributed by atoms with Crippen LogP contribution in [0.3, 0.4) is 0 Å². The molecule has 1 aromatic carbocycles. The number of methoxy groups -OCH3 is 1. The Bertz CT molecular complexity index is 590. The average Bonchev–Trinajstić information content (AvgIpc) is 2.38. The third-order valence-corrected chi connectivity index (χ3v) is 4.40. The maximum Gasteiger partial charge on any atom is 0.319 e. The molecule has 0 saturated heterocycles. The van der Waals surface area contributed by atoms with Gasteiger partial charge in [0.15, 0.2) is 0 Å². The van der Waals surface area contributed by atoms with Crippen molar-refractivity contribution < 1.29 is 14.3 Å². The number of carbonyl (C=O) groups is 2. The lowest BCUT2D eigenvalue weighted by molar-refractivity contribution is -0.152. The lowest BCUT2D eigenvalue weighted by atomic mass is 9.69. The van der Waals surface area contributed by atoms with Crippen LogP contribution in [0.5, 0.6) is 0 Å². The number of aryl methyl sites for hydroxylation is 2. The van der Waals surface area contributed by atoms with E-state index in [4.69, 9.17) is 4.74 Å². The van der Waals surface area contributed by atoms with E-state index >= 15 is 0 Å². The SMILES string of the molecule is COC(=O)[C@@H]1C(=O)N(C)c2cc(C)c(C)cc2C1(C)C. The Morgan fingerprint density at radius 1 is 1.25 bits per heavy atom. The Morgan fingerprint density at radius 2 is 1.80 bits per heavy atom. The lowest BCUT2D eigenvalue weighted by Gasteiger charge is -2.42. The first kappa shape index (κ1) is 14.6. The Morgan fingerprint density at radius 3 is 2.35 bits per heavy atom. The fraction of sp³-hybridized carbons (Fsp3) is 0.500. The summed E-state index contributed by atoms with van der Waals surface area (Å²) in [5.41, 5.74) is 3.60. The molecule has 0 N–H and O–H groups in total. The largest absolute Gasteiger partial charge is 0.468 e. The third-order valence-electron chi connectivity index (χ3n) is 4.40. The first-order chi connectivity index (χ1) is 9.21. The average molecular weight is 275 g/mol. The number of esters is 1. The van der Waals surface area contributed by atoms with E-state index < -0.39 is 17.3 Å². The number of hydrogen-bond donors (Lipinski definition) is 0. The predicted molar refractivity (Wildman–Crippen MR) is 77.9 cm³/mol. The zero-order valence-electron chi connectivity index (χ0n) is 12.9. The maximum atomic E-state index is 12.5. The molecule has 4 nitrogen and oxygen atoms in total. The van der Waals surface area contributed by atoms with Crippen LogP contribution in [0.1, 0.15) is 30.5 Å². The van der Waals surface area contributed by atoms with Crippen LogP contribution in [-0.2, 0) is 19.7 Å².